The van der Waals surface area contributed by atoms with Crippen LogP contribution in [0.2, 0.25) is 0 Å². The van der Waals surface area contributed by atoms with Crippen LogP contribution in [0.15, 0.2) is 47.5 Å². The molecule has 4 aromatic heterocycles. The lowest BCUT2D eigenvalue weighted by atomic mass is 10.4. The van der Waals surface area contributed by atoms with Gasteiger partial charge in [-0.25, -0.2) is 9.97 Å². The number of anilines is 3. The zero-order valence-corrected chi connectivity index (χ0v) is 13.9. The van der Waals surface area contributed by atoms with Gasteiger partial charge in [0.25, 0.3) is 0 Å². The number of hydrogen-bond acceptors (Lipinski definition) is 8. The van der Waals surface area contributed by atoms with Crippen molar-refractivity contribution in [2.24, 2.45) is 0 Å². The second kappa shape index (κ2) is 6.83. The molecule has 3 N–H and O–H groups in total. The van der Waals surface area contributed by atoms with Gasteiger partial charge < -0.3 is 15.7 Å². The first kappa shape index (κ1) is 15.5. The third kappa shape index (κ3) is 3.14. The van der Waals surface area contributed by atoms with Crippen LogP contribution in [0, 0.1) is 0 Å². The number of aromatic nitrogens is 5. The number of nitrogens with one attached hydrogen (secondary N) is 2. The van der Waals surface area contributed by atoms with E-state index >= 15 is 0 Å². The third-order valence-electron chi connectivity index (χ3n) is 3.49. The summed E-state index contributed by atoms with van der Waals surface area (Å²) in [5, 5.41) is 19.3. The fourth-order valence-corrected chi connectivity index (χ4v) is 3.02. The van der Waals surface area contributed by atoms with Gasteiger partial charge in [-0.3, -0.25) is 4.57 Å². The lowest BCUT2D eigenvalue weighted by Gasteiger charge is -2.09. The summed E-state index contributed by atoms with van der Waals surface area (Å²) in [5.74, 6) is 1.62. The molecule has 0 spiro atoms. The Kier molecular flexibility index (Phi) is 4.23. The largest absolute Gasteiger partial charge is 0.395 e. The lowest BCUT2D eigenvalue weighted by molar-refractivity contribution is 0.311. The summed E-state index contributed by atoms with van der Waals surface area (Å²) in [6, 6.07) is 7.56. The molecule has 4 aromatic rings. The average molecular weight is 353 g/mol. The van der Waals surface area contributed by atoms with Crippen LogP contribution in [0.5, 0.6) is 0 Å². The molecular formula is C16H15N7OS. The molecule has 9 heteroatoms. The first-order chi connectivity index (χ1) is 12.3. The Morgan fingerprint density at radius 2 is 2.12 bits per heavy atom. The van der Waals surface area contributed by atoms with Gasteiger partial charge in [-0.2, -0.15) is 21.3 Å². The van der Waals surface area contributed by atoms with E-state index in [-0.39, 0.29) is 6.61 Å². The highest BCUT2D eigenvalue weighted by Gasteiger charge is 2.14. The van der Waals surface area contributed by atoms with Crippen LogP contribution < -0.4 is 10.6 Å². The van der Waals surface area contributed by atoms with Gasteiger partial charge in [0.1, 0.15) is 12.1 Å². The van der Waals surface area contributed by atoms with Crippen LogP contribution in [0.4, 0.5) is 17.6 Å². The number of nitrogens with zero attached hydrogens (tertiary/aromatic N) is 5. The van der Waals surface area contributed by atoms with E-state index in [0.717, 1.165) is 5.69 Å². The number of imidazole rings is 1. The molecule has 0 radical (unpaired) electrons. The standard InChI is InChI=1S/C16H15N7OS/c24-7-6-18-14-13-15(23(10-19-13)11-4-8-25-9-11)22-16(21-14)20-12-3-1-2-5-17-12/h1-5,8-10,24H,6-7H2,(H2,17,18,20,21,22). The van der Waals surface area contributed by atoms with Gasteiger partial charge in [0.05, 0.1) is 12.3 Å². The Balaban J connectivity index is 1.81. The van der Waals surface area contributed by atoms with Crippen LogP contribution in [-0.4, -0.2) is 42.8 Å². The van der Waals surface area contributed by atoms with Crippen LogP contribution in [0.1, 0.15) is 0 Å². The number of fused-ring (bicyclic) bond motifs is 1. The Labute approximate surface area is 147 Å². The van der Waals surface area contributed by atoms with E-state index in [1.54, 1.807) is 23.9 Å². The van der Waals surface area contributed by atoms with Crippen LogP contribution in [0.25, 0.3) is 16.9 Å². The zero-order valence-electron chi connectivity index (χ0n) is 13.1. The van der Waals surface area contributed by atoms with E-state index in [0.29, 0.717) is 35.3 Å². The Bertz CT molecular complexity index is 969. The summed E-state index contributed by atoms with van der Waals surface area (Å²) in [6.07, 6.45) is 3.41. The van der Waals surface area contributed by atoms with Crippen LogP contribution >= 0.6 is 11.3 Å². The molecular weight excluding hydrogens is 338 g/mol. The number of thiophene rings is 1. The smallest absolute Gasteiger partial charge is 0.232 e. The molecule has 0 saturated heterocycles. The minimum absolute atomic E-state index is 0.000260. The lowest BCUT2D eigenvalue weighted by Crippen LogP contribution is -2.10. The fraction of sp³-hybridized carbons (Fsp3) is 0.125. The SMILES string of the molecule is OCCNc1nc(Nc2ccccn2)nc2c1ncn2-c1ccsc1. The van der Waals surface area contributed by atoms with Crippen molar-refractivity contribution in [3.63, 3.8) is 0 Å². The molecule has 0 aliphatic heterocycles. The maximum Gasteiger partial charge on any atom is 0.232 e. The van der Waals surface area contributed by atoms with Gasteiger partial charge in [-0.1, -0.05) is 6.07 Å². The first-order valence-corrected chi connectivity index (χ1v) is 8.60. The Morgan fingerprint density at radius 3 is 2.88 bits per heavy atom. The van der Waals surface area contributed by atoms with Gasteiger partial charge >= 0.3 is 0 Å². The summed E-state index contributed by atoms with van der Waals surface area (Å²) < 4.78 is 1.90. The maximum absolute atomic E-state index is 9.10. The second-order valence-corrected chi connectivity index (χ2v) is 5.93. The van der Waals surface area contributed by atoms with Crippen LogP contribution in [-0.2, 0) is 0 Å². The van der Waals surface area contributed by atoms with Crippen molar-refractivity contribution in [3.05, 3.63) is 47.5 Å². The minimum Gasteiger partial charge on any atom is -0.395 e. The molecule has 0 unspecified atom stereocenters. The van der Waals surface area contributed by atoms with Crippen LogP contribution in [0.3, 0.4) is 0 Å². The quantitative estimate of drug-likeness (QED) is 0.489. The summed E-state index contributed by atoms with van der Waals surface area (Å²) in [4.78, 5) is 17.7. The topological polar surface area (TPSA) is 101 Å². The number of pyridine rings is 1. The molecule has 0 bridgehead atoms. The normalized spacial score (nSPS) is 10.9. The highest BCUT2D eigenvalue weighted by molar-refractivity contribution is 7.08. The predicted octanol–water partition coefficient (Wildman–Crippen LogP) is 2.42. The van der Waals surface area contributed by atoms with Gasteiger partial charge in [0.2, 0.25) is 5.95 Å². The van der Waals surface area contributed by atoms with Crippen molar-refractivity contribution in [2.45, 2.75) is 0 Å². The molecule has 4 heterocycles. The molecule has 0 aromatic carbocycles. The average Bonchev–Trinajstić information content (AvgIpc) is 3.29. The Hall–Kier alpha value is -3.04. The number of rotatable bonds is 6. The molecule has 8 nitrogen and oxygen atoms in total. The number of aliphatic hydroxyl groups excluding tert-OH is 1. The maximum atomic E-state index is 9.10. The van der Waals surface area contributed by atoms with E-state index in [4.69, 9.17) is 5.11 Å². The Morgan fingerprint density at radius 1 is 1.16 bits per heavy atom. The zero-order chi connectivity index (χ0) is 17.1. The summed E-state index contributed by atoms with van der Waals surface area (Å²) in [5.41, 5.74) is 2.31. The molecule has 25 heavy (non-hydrogen) atoms. The summed E-state index contributed by atoms with van der Waals surface area (Å²) in [6.45, 7) is 0.375. The van der Waals surface area contributed by atoms with Gasteiger partial charge in [0, 0.05) is 18.1 Å². The van der Waals surface area contributed by atoms with Crippen molar-refractivity contribution >= 4 is 40.1 Å². The fourth-order valence-electron chi connectivity index (χ4n) is 2.39. The second-order valence-electron chi connectivity index (χ2n) is 5.15. The molecule has 0 saturated carbocycles. The van der Waals surface area contributed by atoms with Crippen molar-refractivity contribution in [1.29, 1.82) is 0 Å². The highest BCUT2D eigenvalue weighted by atomic mass is 32.1. The minimum atomic E-state index is -0.000260. The monoisotopic (exact) mass is 353 g/mol. The summed E-state index contributed by atoms with van der Waals surface area (Å²) >= 11 is 1.60. The molecule has 0 atom stereocenters. The van der Waals surface area contributed by atoms with Crippen molar-refractivity contribution in [3.8, 4) is 5.69 Å². The molecule has 0 aliphatic rings. The molecule has 0 fully saturated rings. The molecule has 126 valence electrons. The number of aliphatic hydroxyl groups is 1. The van der Waals surface area contributed by atoms with Crippen molar-refractivity contribution < 1.29 is 5.11 Å². The van der Waals surface area contributed by atoms with E-state index in [1.807, 2.05) is 39.6 Å². The van der Waals surface area contributed by atoms with Gasteiger partial charge in [0.15, 0.2) is 17.0 Å². The van der Waals surface area contributed by atoms with Crippen molar-refractivity contribution in [2.75, 3.05) is 23.8 Å². The highest BCUT2D eigenvalue weighted by Crippen LogP contribution is 2.25. The van der Waals surface area contributed by atoms with Gasteiger partial charge in [-0.15, -0.1) is 0 Å². The van der Waals surface area contributed by atoms with E-state index in [1.165, 1.54) is 0 Å². The van der Waals surface area contributed by atoms with Crippen molar-refractivity contribution in [1.82, 2.24) is 24.5 Å². The van der Waals surface area contributed by atoms with E-state index < -0.39 is 0 Å². The van der Waals surface area contributed by atoms with Gasteiger partial charge in [-0.05, 0) is 23.6 Å². The summed E-state index contributed by atoms with van der Waals surface area (Å²) in [7, 11) is 0. The number of hydrogen-bond donors (Lipinski definition) is 3. The molecule has 0 aliphatic carbocycles. The molecule has 0 amide bonds. The van der Waals surface area contributed by atoms with E-state index in [2.05, 4.69) is 30.6 Å². The van der Waals surface area contributed by atoms with E-state index in [9.17, 15) is 0 Å². The first-order valence-electron chi connectivity index (χ1n) is 7.65. The predicted molar refractivity (Wildman–Crippen MR) is 97.6 cm³/mol. The molecule has 4 rings (SSSR count). The third-order valence-corrected chi connectivity index (χ3v) is 4.16.